The summed E-state index contributed by atoms with van der Waals surface area (Å²) in [7, 11) is 0. The van der Waals surface area contributed by atoms with Crippen molar-refractivity contribution in [2.45, 2.75) is 38.2 Å². The Balaban J connectivity index is 1.92. The summed E-state index contributed by atoms with van der Waals surface area (Å²) < 4.78 is 0. The van der Waals surface area contributed by atoms with Gasteiger partial charge in [0.05, 0.1) is 6.10 Å². The SMILES string of the molecule is O=CCC(O)C1CC2CCC1C2. The van der Waals surface area contributed by atoms with Crippen LogP contribution < -0.4 is 0 Å². The van der Waals surface area contributed by atoms with Crippen LogP contribution in [0.1, 0.15) is 32.1 Å². The van der Waals surface area contributed by atoms with Crippen LogP contribution >= 0.6 is 0 Å². The van der Waals surface area contributed by atoms with Crippen molar-refractivity contribution in [2.24, 2.45) is 17.8 Å². The molecule has 2 rings (SSSR count). The summed E-state index contributed by atoms with van der Waals surface area (Å²) in [6, 6.07) is 0. The fraction of sp³-hybridized carbons (Fsp3) is 0.900. The van der Waals surface area contributed by atoms with E-state index in [0.717, 1.165) is 18.1 Å². The smallest absolute Gasteiger partial charge is 0.122 e. The molecule has 2 nitrogen and oxygen atoms in total. The molecule has 2 aliphatic rings. The predicted molar refractivity (Wildman–Crippen MR) is 45.6 cm³/mol. The Morgan fingerprint density at radius 2 is 2.25 bits per heavy atom. The molecule has 0 spiro atoms. The van der Waals surface area contributed by atoms with Gasteiger partial charge in [0.2, 0.25) is 0 Å². The molecule has 0 heterocycles. The van der Waals surface area contributed by atoms with Crippen LogP contribution in [0, 0.1) is 17.8 Å². The molecule has 0 aromatic rings. The van der Waals surface area contributed by atoms with Gasteiger partial charge in [-0.25, -0.2) is 0 Å². The number of aliphatic hydroxyl groups excluding tert-OH is 1. The molecule has 12 heavy (non-hydrogen) atoms. The van der Waals surface area contributed by atoms with E-state index in [1.807, 2.05) is 0 Å². The lowest BCUT2D eigenvalue weighted by Gasteiger charge is -2.25. The summed E-state index contributed by atoms with van der Waals surface area (Å²) in [4.78, 5) is 10.2. The van der Waals surface area contributed by atoms with Gasteiger partial charge < -0.3 is 9.90 Å². The van der Waals surface area contributed by atoms with Gasteiger partial charge >= 0.3 is 0 Å². The zero-order chi connectivity index (χ0) is 8.55. The standard InChI is InChI=1S/C10H16O2/c11-4-3-10(12)9-6-7-1-2-8(9)5-7/h4,7-10,12H,1-3,5-6H2. The predicted octanol–water partition coefficient (Wildman–Crippen LogP) is 1.37. The molecule has 2 heteroatoms. The lowest BCUT2D eigenvalue weighted by molar-refractivity contribution is -0.110. The minimum Gasteiger partial charge on any atom is -0.392 e. The zero-order valence-electron chi connectivity index (χ0n) is 7.28. The van der Waals surface area contributed by atoms with E-state index in [4.69, 9.17) is 0 Å². The largest absolute Gasteiger partial charge is 0.392 e. The van der Waals surface area contributed by atoms with E-state index in [1.54, 1.807) is 0 Å². The first-order chi connectivity index (χ1) is 5.81. The summed E-state index contributed by atoms with van der Waals surface area (Å²) in [5, 5.41) is 9.64. The monoisotopic (exact) mass is 168 g/mol. The zero-order valence-corrected chi connectivity index (χ0v) is 7.28. The van der Waals surface area contributed by atoms with Gasteiger partial charge in [-0.1, -0.05) is 6.42 Å². The Hall–Kier alpha value is -0.370. The number of rotatable bonds is 3. The van der Waals surface area contributed by atoms with Crippen molar-refractivity contribution in [1.82, 2.24) is 0 Å². The highest BCUT2D eigenvalue weighted by Gasteiger charge is 2.42. The molecule has 0 aliphatic heterocycles. The van der Waals surface area contributed by atoms with Crippen molar-refractivity contribution in [1.29, 1.82) is 0 Å². The van der Waals surface area contributed by atoms with Crippen LogP contribution in [-0.2, 0) is 4.79 Å². The van der Waals surface area contributed by atoms with Crippen molar-refractivity contribution >= 4 is 6.29 Å². The van der Waals surface area contributed by atoms with Gasteiger partial charge in [0, 0.05) is 6.42 Å². The molecule has 0 amide bonds. The molecule has 1 N–H and O–H groups in total. The van der Waals surface area contributed by atoms with Crippen molar-refractivity contribution in [3.05, 3.63) is 0 Å². The molecular weight excluding hydrogens is 152 g/mol. The summed E-state index contributed by atoms with van der Waals surface area (Å²) in [6.07, 6.45) is 5.95. The van der Waals surface area contributed by atoms with Crippen LogP contribution in [0.4, 0.5) is 0 Å². The average molecular weight is 168 g/mol. The second-order valence-electron chi connectivity index (χ2n) is 4.31. The topological polar surface area (TPSA) is 37.3 Å². The first kappa shape index (κ1) is 8.24. The summed E-state index contributed by atoms with van der Waals surface area (Å²) >= 11 is 0. The molecule has 68 valence electrons. The van der Waals surface area contributed by atoms with Gasteiger partial charge in [-0.2, -0.15) is 0 Å². The molecule has 2 fully saturated rings. The number of carbonyl (C=O) groups excluding carboxylic acids is 1. The van der Waals surface area contributed by atoms with Gasteiger partial charge in [-0.05, 0) is 37.0 Å². The first-order valence-corrected chi connectivity index (χ1v) is 4.93. The molecule has 0 aromatic carbocycles. The van der Waals surface area contributed by atoms with Crippen LogP contribution in [0.2, 0.25) is 0 Å². The highest BCUT2D eigenvalue weighted by molar-refractivity contribution is 5.50. The van der Waals surface area contributed by atoms with Gasteiger partial charge in [-0.3, -0.25) is 0 Å². The van der Waals surface area contributed by atoms with Crippen molar-refractivity contribution in [3.8, 4) is 0 Å². The molecule has 2 bridgehead atoms. The summed E-state index contributed by atoms with van der Waals surface area (Å²) in [5.74, 6) is 2.03. The number of fused-ring (bicyclic) bond motifs is 2. The lowest BCUT2D eigenvalue weighted by Crippen LogP contribution is -2.25. The van der Waals surface area contributed by atoms with Gasteiger partial charge in [0.1, 0.15) is 6.29 Å². The number of hydrogen-bond acceptors (Lipinski definition) is 2. The quantitative estimate of drug-likeness (QED) is 0.646. The van der Waals surface area contributed by atoms with Crippen LogP contribution in [0.5, 0.6) is 0 Å². The minimum absolute atomic E-state index is 0.341. The summed E-state index contributed by atoms with van der Waals surface area (Å²) in [5.41, 5.74) is 0. The Labute approximate surface area is 73.0 Å². The Bertz CT molecular complexity index is 179. The molecule has 4 atom stereocenters. The highest BCUT2D eigenvalue weighted by atomic mass is 16.3. The van der Waals surface area contributed by atoms with Crippen LogP contribution in [0.15, 0.2) is 0 Å². The van der Waals surface area contributed by atoms with E-state index in [1.165, 1.54) is 25.7 Å². The van der Waals surface area contributed by atoms with Crippen molar-refractivity contribution in [3.63, 3.8) is 0 Å². The molecule has 2 saturated carbocycles. The maximum absolute atomic E-state index is 10.2. The van der Waals surface area contributed by atoms with E-state index in [2.05, 4.69) is 0 Å². The maximum atomic E-state index is 10.2. The third kappa shape index (κ3) is 1.28. The van der Waals surface area contributed by atoms with Gasteiger partial charge in [0.15, 0.2) is 0 Å². The third-order valence-electron chi connectivity index (χ3n) is 3.62. The Morgan fingerprint density at radius 1 is 1.42 bits per heavy atom. The highest BCUT2D eigenvalue weighted by Crippen LogP contribution is 2.49. The van der Waals surface area contributed by atoms with Gasteiger partial charge in [0.25, 0.3) is 0 Å². The Morgan fingerprint density at radius 3 is 2.75 bits per heavy atom. The number of aldehydes is 1. The van der Waals surface area contributed by atoms with E-state index in [0.29, 0.717) is 12.3 Å². The second kappa shape index (κ2) is 3.17. The second-order valence-corrected chi connectivity index (χ2v) is 4.31. The molecule has 0 radical (unpaired) electrons. The van der Waals surface area contributed by atoms with Crippen LogP contribution in [0.25, 0.3) is 0 Å². The van der Waals surface area contributed by atoms with E-state index in [-0.39, 0.29) is 6.10 Å². The average Bonchev–Trinajstić information content (AvgIpc) is 2.64. The number of aliphatic hydroxyl groups is 1. The normalized spacial score (nSPS) is 41.6. The van der Waals surface area contributed by atoms with E-state index >= 15 is 0 Å². The molecule has 2 aliphatic carbocycles. The van der Waals surface area contributed by atoms with Crippen LogP contribution in [-0.4, -0.2) is 17.5 Å². The number of hydrogen-bond donors (Lipinski definition) is 1. The molecular formula is C10H16O2. The van der Waals surface area contributed by atoms with Crippen LogP contribution in [0.3, 0.4) is 0 Å². The van der Waals surface area contributed by atoms with E-state index < -0.39 is 0 Å². The Kier molecular flexibility index (Phi) is 2.18. The van der Waals surface area contributed by atoms with Gasteiger partial charge in [-0.15, -0.1) is 0 Å². The minimum atomic E-state index is -0.349. The molecule has 0 saturated heterocycles. The van der Waals surface area contributed by atoms with Crippen molar-refractivity contribution in [2.75, 3.05) is 0 Å². The van der Waals surface area contributed by atoms with Crippen molar-refractivity contribution < 1.29 is 9.90 Å². The van der Waals surface area contributed by atoms with E-state index in [9.17, 15) is 9.90 Å². The fourth-order valence-corrected chi connectivity index (χ4v) is 3.04. The fourth-order valence-electron chi connectivity index (χ4n) is 3.04. The third-order valence-corrected chi connectivity index (χ3v) is 3.62. The number of carbonyl (C=O) groups is 1. The lowest BCUT2D eigenvalue weighted by atomic mass is 9.84. The molecule has 0 aromatic heterocycles. The summed E-state index contributed by atoms with van der Waals surface area (Å²) in [6.45, 7) is 0. The maximum Gasteiger partial charge on any atom is 0.122 e. The molecule has 4 unspecified atom stereocenters. The first-order valence-electron chi connectivity index (χ1n) is 4.93.